The van der Waals surface area contributed by atoms with Gasteiger partial charge in [0.25, 0.3) is 0 Å². The summed E-state index contributed by atoms with van der Waals surface area (Å²) in [4.78, 5) is 10.4. The third kappa shape index (κ3) is 5.27. The molecule has 0 amide bonds. The number of para-hydroxylation sites is 2. The zero-order valence-electron chi connectivity index (χ0n) is 33.6. The lowest BCUT2D eigenvalue weighted by molar-refractivity contribution is 1.17. The maximum absolute atomic E-state index is 5.26. The van der Waals surface area contributed by atoms with Crippen molar-refractivity contribution in [3.8, 4) is 45.1 Å². The van der Waals surface area contributed by atoms with Crippen molar-refractivity contribution < 1.29 is 0 Å². The molecule has 10 aromatic carbocycles. The number of hydrogen-bond donors (Lipinski definition) is 0. The van der Waals surface area contributed by atoms with Crippen LogP contribution in [0, 0.1) is 0 Å². The predicted octanol–water partition coefficient (Wildman–Crippen LogP) is 15.1. The SMILES string of the molecule is c1ccc(-c2ccc(-c3nc(-c4ccc(-n5c6cc7ccccc7cc6c6c(-n7c8ccccc8c8ccc9ccccc9c87)cccc65)cc4)nc4ccccc34)cc2)cc1. The Labute approximate surface area is 357 Å². The van der Waals surface area contributed by atoms with Gasteiger partial charge in [-0.25, -0.2) is 9.97 Å². The van der Waals surface area contributed by atoms with Crippen LogP contribution in [0.2, 0.25) is 0 Å². The van der Waals surface area contributed by atoms with Gasteiger partial charge in [0, 0.05) is 49.1 Å². The summed E-state index contributed by atoms with van der Waals surface area (Å²) < 4.78 is 4.93. The Morgan fingerprint density at radius 2 is 0.952 bits per heavy atom. The molecule has 4 nitrogen and oxygen atoms in total. The van der Waals surface area contributed by atoms with Crippen LogP contribution in [0.5, 0.6) is 0 Å². The van der Waals surface area contributed by atoms with Crippen molar-refractivity contribution >= 4 is 76.1 Å². The maximum Gasteiger partial charge on any atom is 0.160 e. The van der Waals surface area contributed by atoms with Gasteiger partial charge < -0.3 is 9.13 Å². The molecule has 0 atom stereocenters. The van der Waals surface area contributed by atoms with Gasteiger partial charge in [-0.15, -0.1) is 0 Å². The second kappa shape index (κ2) is 13.6. The van der Waals surface area contributed by atoms with Crippen LogP contribution in [-0.2, 0) is 0 Å². The van der Waals surface area contributed by atoms with Crippen molar-refractivity contribution in [2.75, 3.05) is 0 Å². The largest absolute Gasteiger partial charge is 0.309 e. The van der Waals surface area contributed by atoms with Crippen LogP contribution >= 0.6 is 0 Å². The molecule has 0 aliphatic heterocycles. The van der Waals surface area contributed by atoms with E-state index >= 15 is 0 Å². The fourth-order valence-electron chi connectivity index (χ4n) is 9.82. The van der Waals surface area contributed by atoms with Crippen LogP contribution in [0.1, 0.15) is 0 Å². The van der Waals surface area contributed by atoms with Gasteiger partial charge in [-0.05, 0) is 87.9 Å². The first-order valence-electron chi connectivity index (χ1n) is 21.2. The van der Waals surface area contributed by atoms with Gasteiger partial charge in [0.1, 0.15) is 0 Å². The number of nitrogens with zero attached hydrogens (tertiary/aromatic N) is 4. The molecule has 0 aliphatic rings. The van der Waals surface area contributed by atoms with Crippen LogP contribution in [0.4, 0.5) is 0 Å². The molecule has 0 fully saturated rings. The smallest absolute Gasteiger partial charge is 0.160 e. The molecular weight excluding hydrogens is 753 g/mol. The van der Waals surface area contributed by atoms with Crippen LogP contribution in [0.15, 0.2) is 218 Å². The minimum atomic E-state index is 0.700. The number of fused-ring (bicyclic) bond motifs is 10. The van der Waals surface area contributed by atoms with E-state index in [1.165, 1.54) is 65.3 Å². The van der Waals surface area contributed by atoms with Crippen molar-refractivity contribution in [3.63, 3.8) is 0 Å². The Morgan fingerprint density at radius 3 is 1.77 bits per heavy atom. The lowest BCUT2D eigenvalue weighted by Gasteiger charge is -2.13. The molecule has 13 rings (SSSR count). The number of rotatable bonds is 5. The van der Waals surface area contributed by atoms with E-state index < -0.39 is 0 Å². The highest BCUT2D eigenvalue weighted by Crippen LogP contribution is 2.43. The predicted molar refractivity (Wildman–Crippen MR) is 260 cm³/mol. The Kier molecular flexibility index (Phi) is 7.57. The average Bonchev–Trinajstić information content (AvgIpc) is 3.86. The molecule has 62 heavy (non-hydrogen) atoms. The van der Waals surface area contributed by atoms with Gasteiger partial charge in [0.15, 0.2) is 5.82 Å². The van der Waals surface area contributed by atoms with E-state index in [4.69, 9.17) is 9.97 Å². The molecule has 0 aliphatic carbocycles. The van der Waals surface area contributed by atoms with Crippen molar-refractivity contribution in [2.45, 2.75) is 0 Å². The topological polar surface area (TPSA) is 35.6 Å². The molecule has 0 bridgehead atoms. The summed E-state index contributed by atoms with van der Waals surface area (Å²) in [5.74, 6) is 0.700. The number of benzene rings is 10. The summed E-state index contributed by atoms with van der Waals surface area (Å²) in [7, 11) is 0. The molecule has 13 aromatic rings. The molecule has 0 saturated heterocycles. The third-order valence-electron chi connectivity index (χ3n) is 12.7. The summed E-state index contributed by atoms with van der Waals surface area (Å²) >= 11 is 0. The maximum atomic E-state index is 5.26. The first kappa shape index (κ1) is 34.5. The summed E-state index contributed by atoms with van der Waals surface area (Å²) in [6, 6.07) is 78.6. The fourth-order valence-corrected chi connectivity index (χ4v) is 9.82. The van der Waals surface area contributed by atoms with Gasteiger partial charge in [0.05, 0.1) is 39.0 Å². The first-order chi connectivity index (χ1) is 30.7. The first-order valence-corrected chi connectivity index (χ1v) is 21.2. The van der Waals surface area contributed by atoms with Crippen molar-refractivity contribution in [1.29, 1.82) is 0 Å². The molecule has 288 valence electrons. The van der Waals surface area contributed by atoms with Crippen LogP contribution in [0.3, 0.4) is 0 Å². The molecule has 0 N–H and O–H groups in total. The molecule has 0 unspecified atom stereocenters. The summed E-state index contributed by atoms with van der Waals surface area (Å²) in [6.07, 6.45) is 0. The van der Waals surface area contributed by atoms with E-state index in [2.05, 4.69) is 221 Å². The fraction of sp³-hybridized carbons (Fsp3) is 0. The lowest BCUT2D eigenvalue weighted by Crippen LogP contribution is -1.98. The number of aromatic nitrogens is 4. The highest BCUT2D eigenvalue weighted by Gasteiger charge is 2.22. The van der Waals surface area contributed by atoms with E-state index in [-0.39, 0.29) is 0 Å². The third-order valence-corrected chi connectivity index (χ3v) is 12.7. The molecule has 0 spiro atoms. The van der Waals surface area contributed by atoms with E-state index in [9.17, 15) is 0 Å². The zero-order valence-corrected chi connectivity index (χ0v) is 33.6. The van der Waals surface area contributed by atoms with E-state index in [1.807, 2.05) is 6.07 Å². The highest BCUT2D eigenvalue weighted by molar-refractivity contribution is 6.22. The standard InChI is InChI=1S/C58H36N4/c1-2-13-37(14-3-1)38-25-27-40(28-26-38)56-48-20-8-10-21-50(48)59-58(60-56)41-29-32-44(33-30-41)61-52-23-12-24-53(55(52)49-35-42-16-4-5-17-43(42)36-54(49)61)62-51-22-11-9-19-46(51)47-34-31-39-15-6-7-18-45(39)57(47)62/h1-36H. The summed E-state index contributed by atoms with van der Waals surface area (Å²) in [6.45, 7) is 0. The molecule has 4 heteroatoms. The van der Waals surface area contributed by atoms with E-state index in [1.54, 1.807) is 0 Å². The lowest BCUT2D eigenvalue weighted by atomic mass is 10.0. The van der Waals surface area contributed by atoms with Gasteiger partial charge in [-0.2, -0.15) is 0 Å². The van der Waals surface area contributed by atoms with E-state index in [0.29, 0.717) is 5.82 Å². The second-order valence-corrected chi connectivity index (χ2v) is 16.2. The molecule has 3 heterocycles. The minimum absolute atomic E-state index is 0.700. The zero-order chi connectivity index (χ0) is 40.7. The van der Waals surface area contributed by atoms with E-state index in [0.717, 1.165) is 50.1 Å². The molecular formula is C58H36N4. The second-order valence-electron chi connectivity index (χ2n) is 16.2. The van der Waals surface area contributed by atoms with Crippen molar-refractivity contribution in [1.82, 2.24) is 19.1 Å². The van der Waals surface area contributed by atoms with Crippen molar-refractivity contribution in [2.24, 2.45) is 0 Å². The summed E-state index contributed by atoms with van der Waals surface area (Å²) in [5.41, 5.74) is 13.2. The Hall–Kier alpha value is -8.34. The Bertz CT molecular complexity index is 3900. The van der Waals surface area contributed by atoms with Crippen molar-refractivity contribution in [3.05, 3.63) is 218 Å². The van der Waals surface area contributed by atoms with Crippen LogP contribution in [-0.4, -0.2) is 19.1 Å². The molecule has 0 saturated carbocycles. The minimum Gasteiger partial charge on any atom is -0.309 e. The van der Waals surface area contributed by atoms with Gasteiger partial charge in [-0.1, -0.05) is 158 Å². The van der Waals surface area contributed by atoms with Crippen LogP contribution in [0.25, 0.3) is 121 Å². The Balaban J connectivity index is 1.00. The van der Waals surface area contributed by atoms with Gasteiger partial charge in [-0.3, -0.25) is 0 Å². The summed E-state index contributed by atoms with van der Waals surface area (Å²) in [5, 5.41) is 10.9. The van der Waals surface area contributed by atoms with Gasteiger partial charge >= 0.3 is 0 Å². The molecule has 3 aromatic heterocycles. The normalized spacial score (nSPS) is 11.9. The monoisotopic (exact) mass is 788 g/mol. The highest BCUT2D eigenvalue weighted by atomic mass is 15.0. The Morgan fingerprint density at radius 1 is 0.323 bits per heavy atom. The average molecular weight is 789 g/mol. The van der Waals surface area contributed by atoms with Crippen LogP contribution < -0.4 is 0 Å². The molecule has 0 radical (unpaired) electrons. The number of hydrogen-bond acceptors (Lipinski definition) is 2. The quantitative estimate of drug-likeness (QED) is 0.174. The van der Waals surface area contributed by atoms with Gasteiger partial charge in [0.2, 0.25) is 0 Å².